The van der Waals surface area contributed by atoms with Crippen LogP contribution in [0.4, 0.5) is 0 Å². The average Bonchev–Trinajstić information content (AvgIpc) is 3.45. The van der Waals surface area contributed by atoms with Crippen molar-refractivity contribution in [2.75, 3.05) is 13.2 Å². The first-order valence-corrected chi connectivity index (χ1v) is 22.1. The Kier molecular flexibility index (Phi) is 7.48. The largest absolute Gasteiger partial charge is 0.418 e. The van der Waals surface area contributed by atoms with Crippen molar-refractivity contribution in [1.82, 2.24) is 0 Å². The SMILES string of the molecule is C[Si](C)(C)OCCC(CCO[Si](C)(C)C)(C1c2ccccc2-c2ccccc21)C1c2ccccc2-c2ccccc21. The minimum atomic E-state index is -1.71. The van der Waals surface area contributed by atoms with Gasteiger partial charge in [0.2, 0.25) is 0 Å². The first-order valence-electron chi connectivity index (χ1n) is 15.2. The Bertz CT molecular complexity index is 1340. The second-order valence-corrected chi connectivity index (χ2v) is 22.9. The molecule has 0 fully saturated rings. The topological polar surface area (TPSA) is 18.5 Å². The van der Waals surface area contributed by atoms with E-state index in [0.717, 1.165) is 26.1 Å². The molecule has 0 atom stereocenters. The quantitative estimate of drug-likeness (QED) is 0.175. The Balaban J connectivity index is 1.61. The predicted molar refractivity (Wildman–Crippen MR) is 178 cm³/mol. The van der Waals surface area contributed by atoms with Crippen LogP contribution in [0.1, 0.15) is 46.9 Å². The lowest BCUT2D eigenvalue weighted by molar-refractivity contribution is 0.110. The number of fused-ring (bicyclic) bond motifs is 6. The molecule has 212 valence electrons. The summed E-state index contributed by atoms with van der Waals surface area (Å²) in [5.74, 6) is 0.490. The van der Waals surface area contributed by atoms with Crippen molar-refractivity contribution in [3.8, 4) is 22.3 Å². The van der Waals surface area contributed by atoms with Gasteiger partial charge in [0.25, 0.3) is 0 Å². The zero-order chi connectivity index (χ0) is 28.8. The normalized spacial score (nSPS) is 15.0. The van der Waals surface area contributed by atoms with Crippen LogP contribution in [0, 0.1) is 5.41 Å². The molecule has 0 amide bonds. The number of hydrogen-bond acceptors (Lipinski definition) is 2. The van der Waals surface area contributed by atoms with Crippen LogP contribution in [0.3, 0.4) is 0 Å². The van der Waals surface area contributed by atoms with Crippen LogP contribution in [0.15, 0.2) is 97.1 Å². The Hall–Kier alpha value is -2.77. The summed E-state index contributed by atoms with van der Waals surface area (Å²) in [6.07, 6.45) is 1.96. The fourth-order valence-electron chi connectivity index (χ4n) is 7.51. The van der Waals surface area contributed by atoms with Gasteiger partial charge in [-0.15, -0.1) is 0 Å². The molecule has 0 spiro atoms. The molecule has 4 aromatic rings. The van der Waals surface area contributed by atoms with E-state index in [1.165, 1.54) is 44.5 Å². The second kappa shape index (κ2) is 10.8. The van der Waals surface area contributed by atoms with E-state index in [1.807, 2.05) is 0 Å². The summed E-state index contributed by atoms with van der Waals surface area (Å²) in [6.45, 7) is 15.4. The van der Waals surface area contributed by atoms with Gasteiger partial charge in [-0.25, -0.2) is 0 Å². The Labute approximate surface area is 249 Å². The maximum Gasteiger partial charge on any atom is 0.183 e. The number of rotatable bonds is 10. The maximum absolute atomic E-state index is 6.71. The summed E-state index contributed by atoms with van der Waals surface area (Å²) in [6, 6.07) is 36.6. The van der Waals surface area contributed by atoms with Gasteiger partial charge in [0, 0.05) is 25.0 Å². The zero-order valence-corrected chi connectivity index (χ0v) is 27.5. The molecule has 4 heteroatoms. The third kappa shape index (κ3) is 5.32. The zero-order valence-electron chi connectivity index (χ0n) is 25.5. The van der Waals surface area contributed by atoms with Crippen LogP contribution < -0.4 is 0 Å². The van der Waals surface area contributed by atoms with E-state index in [9.17, 15) is 0 Å². The summed E-state index contributed by atoms with van der Waals surface area (Å²) in [5, 5.41) is 0. The average molecular weight is 577 g/mol. The molecule has 2 aliphatic carbocycles. The van der Waals surface area contributed by atoms with E-state index in [2.05, 4.69) is 136 Å². The van der Waals surface area contributed by atoms with E-state index in [0.29, 0.717) is 0 Å². The smallest absolute Gasteiger partial charge is 0.183 e. The van der Waals surface area contributed by atoms with Crippen molar-refractivity contribution in [3.63, 3.8) is 0 Å². The van der Waals surface area contributed by atoms with Gasteiger partial charge in [-0.3, -0.25) is 0 Å². The Morgan fingerprint density at radius 3 is 1.00 bits per heavy atom. The number of benzene rings is 4. The van der Waals surface area contributed by atoms with Gasteiger partial charge in [0.15, 0.2) is 16.6 Å². The molecular formula is C37H44O2Si2. The van der Waals surface area contributed by atoms with Crippen LogP contribution in [0.2, 0.25) is 39.3 Å². The molecule has 0 bridgehead atoms. The van der Waals surface area contributed by atoms with Crippen LogP contribution in [-0.4, -0.2) is 29.8 Å². The van der Waals surface area contributed by atoms with Crippen molar-refractivity contribution in [2.45, 2.75) is 64.0 Å². The molecular weight excluding hydrogens is 533 g/mol. The van der Waals surface area contributed by atoms with Crippen molar-refractivity contribution in [2.24, 2.45) is 5.41 Å². The minimum Gasteiger partial charge on any atom is -0.418 e. The molecule has 0 aromatic heterocycles. The van der Waals surface area contributed by atoms with Gasteiger partial charge in [-0.05, 0) is 102 Å². The molecule has 6 rings (SSSR count). The van der Waals surface area contributed by atoms with E-state index >= 15 is 0 Å². The molecule has 0 unspecified atom stereocenters. The summed E-state index contributed by atoms with van der Waals surface area (Å²) in [4.78, 5) is 0. The van der Waals surface area contributed by atoms with Gasteiger partial charge < -0.3 is 8.85 Å². The van der Waals surface area contributed by atoms with E-state index in [4.69, 9.17) is 8.85 Å². The standard InChI is InChI=1S/C37H44O2Si2/c1-40(2,3)38-25-23-37(24-26-39-41(4,5)6,35-31-19-11-7-15-27(31)28-16-8-12-20-32(28)35)36-33-21-13-9-17-29(33)30-18-10-14-22-34(30)36/h7-22,35-36H,23-26H2,1-6H3. The molecule has 0 heterocycles. The summed E-state index contributed by atoms with van der Waals surface area (Å²) >= 11 is 0. The van der Waals surface area contributed by atoms with Gasteiger partial charge in [-0.1, -0.05) is 97.1 Å². The fraction of sp³-hybridized carbons (Fsp3) is 0.351. The first-order chi connectivity index (χ1) is 19.6. The van der Waals surface area contributed by atoms with Crippen molar-refractivity contribution < 1.29 is 8.85 Å². The highest BCUT2D eigenvalue weighted by Gasteiger charge is 2.53. The Morgan fingerprint density at radius 2 is 0.732 bits per heavy atom. The predicted octanol–water partition coefficient (Wildman–Crippen LogP) is 10.1. The molecule has 0 radical (unpaired) electrons. The van der Waals surface area contributed by atoms with Crippen molar-refractivity contribution in [1.29, 1.82) is 0 Å². The highest BCUT2D eigenvalue weighted by atomic mass is 28.4. The van der Waals surface area contributed by atoms with Crippen molar-refractivity contribution in [3.05, 3.63) is 119 Å². The molecule has 0 aliphatic heterocycles. The summed E-state index contributed by atoms with van der Waals surface area (Å²) in [5.41, 5.74) is 11.2. The van der Waals surface area contributed by atoms with Crippen LogP contribution in [0.25, 0.3) is 22.3 Å². The first kappa shape index (κ1) is 28.4. The van der Waals surface area contributed by atoms with Gasteiger partial charge >= 0.3 is 0 Å². The molecule has 41 heavy (non-hydrogen) atoms. The summed E-state index contributed by atoms with van der Waals surface area (Å²) < 4.78 is 13.4. The third-order valence-corrected chi connectivity index (χ3v) is 11.2. The molecule has 0 saturated heterocycles. The van der Waals surface area contributed by atoms with Crippen LogP contribution in [-0.2, 0) is 8.85 Å². The lowest BCUT2D eigenvalue weighted by atomic mass is 9.57. The van der Waals surface area contributed by atoms with Crippen molar-refractivity contribution >= 4 is 16.6 Å². The van der Waals surface area contributed by atoms with E-state index in [1.54, 1.807) is 0 Å². The maximum atomic E-state index is 6.71. The monoisotopic (exact) mass is 576 g/mol. The highest BCUT2D eigenvalue weighted by molar-refractivity contribution is 6.70. The van der Waals surface area contributed by atoms with Gasteiger partial charge in [-0.2, -0.15) is 0 Å². The lowest BCUT2D eigenvalue weighted by Gasteiger charge is -2.47. The van der Waals surface area contributed by atoms with Crippen LogP contribution >= 0.6 is 0 Å². The lowest BCUT2D eigenvalue weighted by Crippen LogP contribution is -2.40. The number of hydrogen-bond donors (Lipinski definition) is 0. The molecule has 2 aliphatic rings. The third-order valence-electron chi connectivity index (χ3n) is 9.02. The van der Waals surface area contributed by atoms with Gasteiger partial charge in [0.05, 0.1) is 0 Å². The van der Waals surface area contributed by atoms with Gasteiger partial charge in [0.1, 0.15) is 0 Å². The van der Waals surface area contributed by atoms with E-state index < -0.39 is 16.6 Å². The van der Waals surface area contributed by atoms with E-state index in [-0.39, 0.29) is 17.3 Å². The Morgan fingerprint density at radius 1 is 0.463 bits per heavy atom. The second-order valence-electron chi connectivity index (χ2n) is 13.9. The minimum absolute atomic E-state index is 0.134. The summed E-state index contributed by atoms with van der Waals surface area (Å²) in [7, 11) is -3.42. The molecule has 0 saturated carbocycles. The molecule has 2 nitrogen and oxygen atoms in total. The molecule has 0 N–H and O–H groups in total. The molecule has 4 aromatic carbocycles. The fourth-order valence-corrected chi connectivity index (χ4v) is 8.94. The highest BCUT2D eigenvalue weighted by Crippen LogP contribution is 2.65. The van der Waals surface area contributed by atoms with Crippen LogP contribution in [0.5, 0.6) is 0 Å².